The molecule has 0 unspecified atom stereocenters. The van der Waals surface area contributed by atoms with E-state index in [1.165, 1.54) is 0 Å². The molecule has 2 N–H and O–H groups in total. The van der Waals surface area contributed by atoms with E-state index < -0.39 is 0 Å². The predicted octanol–water partition coefficient (Wildman–Crippen LogP) is 2.56. The standard InChI is InChI=1S/C13H27NO/c1-10(2)13(3,4)9-14-11-5-7-12(15)8-6-11/h10-12,14-15H,5-9H2,1-4H3. The third-order valence-corrected chi connectivity index (χ3v) is 4.11. The van der Waals surface area contributed by atoms with Gasteiger partial charge in [-0.2, -0.15) is 0 Å². The minimum absolute atomic E-state index is 0.0406. The Morgan fingerprint density at radius 1 is 1.20 bits per heavy atom. The molecule has 0 aromatic carbocycles. The number of rotatable bonds is 4. The zero-order valence-corrected chi connectivity index (χ0v) is 10.7. The average molecular weight is 213 g/mol. The Balaban J connectivity index is 2.25. The van der Waals surface area contributed by atoms with Crippen LogP contribution in [0, 0.1) is 11.3 Å². The first-order valence-corrected chi connectivity index (χ1v) is 6.33. The lowest BCUT2D eigenvalue weighted by Crippen LogP contribution is -2.41. The Morgan fingerprint density at radius 3 is 2.20 bits per heavy atom. The maximum atomic E-state index is 9.42. The van der Waals surface area contributed by atoms with Crippen LogP contribution in [0.15, 0.2) is 0 Å². The molecule has 0 heterocycles. The molecule has 0 amide bonds. The van der Waals surface area contributed by atoms with Crippen molar-refractivity contribution in [3.8, 4) is 0 Å². The Hall–Kier alpha value is -0.0800. The highest BCUT2D eigenvalue weighted by Gasteiger charge is 2.25. The van der Waals surface area contributed by atoms with Crippen LogP contribution in [0.5, 0.6) is 0 Å². The van der Waals surface area contributed by atoms with Crippen molar-refractivity contribution in [1.29, 1.82) is 0 Å². The van der Waals surface area contributed by atoms with Gasteiger partial charge >= 0.3 is 0 Å². The van der Waals surface area contributed by atoms with Crippen molar-refractivity contribution < 1.29 is 5.11 Å². The molecule has 90 valence electrons. The Morgan fingerprint density at radius 2 is 1.73 bits per heavy atom. The van der Waals surface area contributed by atoms with Crippen LogP contribution >= 0.6 is 0 Å². The second kappa shape index (κ2) is 5.31. The molecule has 2 nitrogen and oxygen atoms in total. The zero-order chi connectivity index (χ0) is 11.5. The molecule has 0 spiro atoms. The average Bonchev–Trinajstić information content (AvgIpc) is 2.17. The van der Waals surface area contributed by atoms with Crippen LogP contribution in [0.2, 0.25) is 0 Å². The van der Waals surface area contributed by atoms with E-state index in [0.717, 1.165) is 32.2 Å². The van der Waals surface area contributed by atoms with Gasteiger partial charge in [0, 0.05) is 12.6 Å². The van der Waals surface area contributed by atoms with Crippen molar-refractivity contribution in [3.63, 3.8) is 0 Å². The molecule has 0 aliphatic heterocycles. The lowest BCUT2D eigenvalue weighted by molar-refractivity contribution is 0.111. The van der Waals surface area contributed by atoms with E-state index in [1.807, 2.05) is 0 Å². The summed E-state index contributed by atoms with van der Waals surface area (Å²) in [7, 11) is 0. The van der Waals surface area contributed by atoms with Crippen LogP contribution in [0.25, 0.3) is 0 Å². The topological polar surface area (TPSA) is 32.3 Å². The number of hydrogen-bond acceptors (Lipinski definition) is 2. The van der Waals surface area contributed by atoms with E-state index in [9.17, 15) is 5.11 Å². The number of hydrogen-bond donors (Lipinski definition) is 2. The van der Waals surface area contributed by atoms with Gasteiger partial charge < -0.3 is 10.4 Å². The number of aliphatic hydroxyl groups is 1. The molecule has 0 saturated heterocycles. The highest BCUT2D eigenvalue weighted by molar-refractivity contribution is 4.81. The molecule has 1 rings (SSSR count). The van der Waals surface area contributed by atoms with Gasteiger partial charge in [-0.1, -0.05) is 27.7 Å². The first kappa shape index (κ1) is 13.0. The highest BCUT2D eigenvalue weighted by atomic mass is 16.3. The lowest BCUT2D eigenvalue weighted by Gasteiger charge is -2.34. The van der Waals surface area contributed by atoms with E-state index in [1.54, 1.807) is 0 Å². The maximum Gasteiger partial charge on any atom is 0.0541 e. The molecule has 1 aliphatic rings. The van der Waals surface area contributed by atoms with Gasteiger partial charge in [-0.3, -0.25) is 0 Å². The van der Waals surface area contributed by atoms with Gasteiger partial charge in [0.2, 0.25) is 0 Å². The fraction of sp³-hybridized carbons (Fsp3) is 1.00. The van der Waals surface area contributed by atoms with Crippen LogP contribution in [0.3, 0.4) is 0 Å². The second-order valence-electron chi connectivity index (χ2n) is 6.03. The van der Waals surface area contributed by atoms with Gasteiger partial charge in [0.1, 0.15) is 0 Å². The van der Waals surface area contributed by atoms with Gasteiger partial charge in [0.25, 0.3) is 0 Å². The second-order valence-corrected chi connectivity index (χ2v) is 6.03. The van der Waals surface area contributed by atoms with E-state index >= 15 is 0 Å². The summed E-state index contributed by atoms with van der Waals surface area (Å²) in [6, 6.07) is 0.631. The molecule has 1 saturated carbocycles. The molecule has 0 aromatic rings. The smallest absolute Gasteiger partial charge is 0.0541 e. The summed E-state index contributed by atoms with van der Waals surface area (Å²) in [4.78, 5) is 0. The molecule has 1 aliphatic carbocycles. The summed E-state index contributed by atoms with van der Waals surface area (Å²) in [5, 5.41) is 13.1. The van der Waals surface area contributed by atoms with Crippen LogP contribution in [-0.4, -0.2) is 23.8 Å². The van der Waals surface area contributed by atoms with E-state index in [-0.39, 0.29) is 6.10 Å². The molecule has 0 aromatic heterocycles. The number of aliphatic hydroxyl groups excluding tert-OH is 1. The normalized spacial score (nSPS) is 28.4. The van der Waals surface area contributed by atoms with Crippen LogP contribution in [0.4, 0.5) is 0 Å². The van der Waals surface area contributed by atoms with Gasteiger partial charge in [-0.15, -0.1) is 0 Å². The Kier molecular flexibility index (Phi) is 4.60. The summed E-state index contributed by atoms with van der Waals surface area (Å²) < 4.78 is 0. The maximum absolute atomic E-state index is 9.42. The van der Waals surface area contributed by atoms with Gasteiger partial charge in [0.15, 0.2) is 0 Å². The minimum Gasteiger partial charge on any atom is -0.393 e. The van der Waals surface area contributed by atoms with Crippen molar-refractivity contribution in [1.82, 2.24) is 5.32 Å². The largest absolute Gasteiger partial charge is 0.393 e. The van der Waals surface area contributed by atoms with E-state index in [4.69, 9.17) is 0 Å². The summed E-state index contributed by atoms with van der Waals surface area (Å²) in [6.45, 7) is 10.3. The van der Waals surface area contributed by atoms with Crippen molar-refractivity contribution in [2.24, 2.45) is 11.3 Å². The third-order valence-electron chi connectivity index (χ3n) is 4.11. The molecule has 1 fully saturated rings. The Bertz CT molecular complexity index is 181. The Labute approximate surface area is 94.5 Å². The van der Waals surface area contributed by atoms with Gasteiger partial charge in [-0.05, 0) is 37.0 Å². The molecule has 0 radical (unpaired) electrons. The van der Waals surface area contributed by atoms with E-state index in [0.29, 0.717) is 17.4 Å². The molecular formula is C13H27NO. The van der Waals surface area contributed by atoms with Crippen molar-refractivity contribution in [2.75, 3.05) is 6.54 Å². The monoisotopic (exact) mass is 213 g/mol. The first-order valence-electron chi connectivity index (χ1n) is 6.33. The van der Waals surface area contributed by atoms with Crippen molar-refractivity contribution in [2.45, 2.75) is 65.5 Å². The summed E-state index contributed by atoms with van der Waals surface area (Å²) in [5.41, 5.74) is 0.371. The highest BCUT2D eigenvalue weighted by Crippen LogP contribution is 2.26. The molecule has 2 heteroatoms. The number of nitrogens with one attached hydrogen (secondary N) is 1. The fourth-order valence-corrected chi connectivity index (χ4v) is 1.89. The summed E-state index contributed by atoms with van der Waals surface area (Å²) in [6.07, 6.45) is 4.17. The minimum atomic E-state index is -0.0406. The fourth-order valence-electron chi connectivity index (χ4n) is 1.89. The molecule has 15 heavy (non-hydrogen) atoms. The van der Waals surface area contributed by atoms with Crippen molar-refractivity contribution in [3.05, 3.63) is 0 Å². The lowest BCUT2D eigenvalue weighted by atomic mass is 9.80. The van der Waals surface area contributed by atoms with Crippen molar-refractivity contribution >= 4 is 0 Å². The summed E-state index contributed by atoms with van der Waals surface area (Å²) >= 11 is 0. The van der Waals surface area contributed by atoms with E-state index in [2.05, 4.69) is 33.0 Å². The first-order chi connectivity index (χ1) is 6.92. The summed E-state index contributed by atoms with van der Waals surface area (Å²) in [5.74, 6) is 0.708. The third kappa shape index (κ3) is 4.12. The zero-order valence-electron chi connectivity index (χ0n) is 10.7. The van der Waals surface area contributed by atoms with Gasteiger partial charge in [-0.25, -0.2) is 0 Å². The molecular weight excluding hydrogens is 186 g/mol. The molecule has 0 atom stereocenters. The molecule has 0 bridgehead atoms. The van der Waals surface area contributed by atoms with Crippen LogP contribution in [0.1, 0.15) is 53.4 Å². The van der Waals surface area contributed by atoms with Crippen LogP contribution in [-0.2, 0) is 0 Å². The van der Waals surface area contributed by atoms with Crippen LogP contribution < -0.4 is 5.32 Å². The quantitative estimate of drug-likeness (QED) is 0.752. The predicted molar refractivity (Wildman–Crippen MR) is 64.9 cm³/mol. The van der Waals surface area contributed by atoms with Gasteiger partial charge in [0.05, 0.1) is 6.10 Å². The SMILES string of the molecule is CC(C)C(C)(C)CNC1CCC(O)CC1.